The average molecular weight is 2130 g/mol. The Morgan fingerprint density at radius 1 is 0.436 bits per heavy atom. The second kappa shape index (κ2) is 49.5. The van der Waals surface area contributed by atoms with Crippen molar-refractivity contribution in [2.45, 2.75) is 181 Å². The topological polar surface area (TPSA) is 388 Å². The van der Waals surface area contributed by atoms with Crippen molar-refractivity contribution in [3.05, 3.63) is 263 Å². The van der Waals surface area contributed by atoms with Crippen LogP contribution in [-0.4, -0.2) is 151 Å². The lowest BCUT2D eigenvalue weighted by Crippen LogP contribution is -2.45. The number of carboxylic acid groups (broad SMARTS) is 1. The number of amides is 3. The normalized spacial score (nSPS) is 12.7. The van der Waals surface area contributed by atoms with Crippen LogP contribution in [0.4, 0.5) is 89.9 Å². The number of halogens is 19. The zero-order valence-electron chi connectivity index (χ0n) is 78.2. The van der Waals surface area contributed by atoms with Gasteiger partial charge in [0.1, 0.15) is 58.6 Å². The molecule has 9 rings (SSSR count). The number of aromatic nitrogens is 4. The van der Waals surface area contributed by atoms with Crippen molar-refractivity contribution in [2.75, 3.05) is 26.6 Å². The van der Waals surface area contributed by atoms with E-state index in [1.54, 1.807) is 53.7 Å². The van der Waals surface area contributed by atoms with Gasteiger partial charge in [-0.2, -0.15) is 65.9 Å². The summed E-state index contributed by atoms with van der Waals surface area (Å²) in [6, 6.07) is 20.6. The van der Waals surface area contributed by atoms with Crippen LogP contribution in [0.2, 0.25) is 0 Å². The highest BCUT2D eigenvalue weighted by molar-refractivity contribution is 14.1. The molecule has 4 heterocycles. The molecule has 0 unspecified atom stereocenters. The van der Waals surface area contributed by atoms with Crippen LogP contribution < -0.4 is 54.7 Å². The van der Waals surface area contributed by atoms with Gasteiger partial charge in [0.15, 0.2) is 0 Å². The Balaban J connectivity index is 0.000000379. The molecule has 764 valence electrons. The second-order valence-corrected chi connectivity index (χ2v) is 34.2. The van der Waals surface area contributed by atoms with Crippen LogP contribution in [0.25, 0.3) is 33.4 Å². The third kappa shape index (κ3) is 33.8. The SMILES string of the molecule is CC[C@@H](Nc1cc(F)c(C(=O)N[C@@H](Cc2ccc(-c3c(C(F)(F)F)cc(C)n(C)c3=O)cc2)C(=O)O)c(F)c1)C(F)(F)F.COC(=O)[C@@H](N)Cc1ccc(-c2c(C(F)(F)F)cc(C)n(C)c2=O)cc1.COC(=O)[C@H](Cc1ccc(-c2c(C(F)(F)F)cc(C)n(C)c2=O)cc1)NC(=O)OC(C)(C)C.COC(=O)[C@H](Cc1ccc(B(O)O)cc1)NC(=O)OC(C)(C)C.Cc1cc(C(F)(F)F)c(I)c(=O)n1C.Cl. The number of carboxylic acids is 1. The molecule has 4 aromatic heterocycles. The fourth-order valence-corrected chi connectivity index (χ4v) is 13.7. The van der Waals surface area contributed by atoms with E-state index in [4.69, 9.17) is 30.0 Å². The van der Waals surface area contributed by atoms with Crippen LogP contribution in [0.1, 0.15) is 133 Å². The third-order valence-electron chi connectivity index (χ3n) is 20.5. The molecule has 9 aromatic rings. The van der Waals surface area contributed by atoms with E-state index in [1.165, 1.54) is 189 Å². The van der Waals surface area contributed by atoms with Crippen molar-refractivity contribution in [3.63, 3.8) is 0 Å². The lowest BCUT2D eigenvalue weighted by Gasteiger charge is -2.22. The van der Waals surface area contributed by atoms with Crippen molar-refractivity contribution in [2.24, 2.45) is 33.9 Å². The van der Waals surface area contributed by atoms with Gasteiger partial charge in [0.2, 0.25) is 0 Å². The van der Waals surface area contributed by atoms with Gasteiger partial charge in [0.25, 0.3) is 28.1 Å². The molecule has 140 heavy (non-hydrogen) atoms. The molecule has 0 aliphatic heterocycles. The Morgan fingerprint density at radius 2 is 0.721 bits per heavy atom. The van der Waals surface area contributed by atoms with E-state index < -0.39 is 218 Å². The van der Waals surface area contributed by atoms with E-state index in [0.717, 1.165) is 51.1 Å². The van der Waals surface area contributed by atoms with E-state index in [-0.39, 0.29) is 74.6 Å². The van der Waals surface area contributed by atoms with Crippen molar-refractivity contribution < 1.29 is 147 Å². The number of rotatable bonds is 23. The van der Waals surface area contributed by atoms with Crippen LogP contribution in [0.5, 0.6) is 0 Å². The fourth-order valence-electron chi connectivity index (χ4n) is 12.9. The van der Waals surface area contributed by atoms with Gasteiger partial charge in [-0.25, -0.2) is 32.8 Å². The maximum Gasteiger partial charge on any atom is 0.488 e. The zero-order chi connectivity index (χ0) is 106. The molecule has 48 heteroatoms. The standard InChI is InChI=1S/C28H25F8N3O4.C23H27F3N2O5.C18H19F3N2O3.C15H22BNO6.C8H7F3INO.ClH/c1-4-21(28(34,35)36)37-16-11-18(29)23(19(30)12-16)24(40)38-20(26(42)43)10-14-5-7-15(8-6-14)22-17(27(31,32)33)9-13(2)39(3)25(22)41;1-13-11-16(23(24,25)26)18(19(29)28(13)5)15-9-7-14(8-10-15)12-17(20(30)32-6)27-21(31)33-22(2,3)4;1-10-8-13(18(19,20)21)15(16(24)23(10)2)12-6-4-11(5-7-12)9-14(22)17(25)26-3;1-15(2,3)23-14(19)17-12(13(18)22-4)9-10-5-7-11(8-6-10)16(20)21;1-4-3-5(8(9,10)11)6(12)7(14)13(4)2;/h5-9,11-12,20-21,37H,4,10H2,1-3H3,(H,38,40)(H,42,43);7-11,17H,12H2,1-6H3,(H,27,31);4-8,14H,9,22H2,1-3H3;5-8,12,20-21H,9H2,1-4H3,(H,17,19);3H,1-2H3;1H/t20-,21+;17-;14-;12-;;/m0000../s1. The summed E-state index contributed by atoms with van der Waals surface area (Å²) in [6.45, 7) is 17.0. The summed E-state index contributed by atoms with van der Waals surface area (Å²) in [5, 5.41) is 36.5. The van der Waals surface area contributed by atoms with Gasteiger partial charge in [-0.1, -0.05) is 104 Å². The number of hydrogen-bond acceptors (Lipinski definition) is 20. The number of aryl methyl sites for hydroxylation is 4. The number of alkyl halides is 15. The number of pyridine rings is 4. The fraction of sp³-hybridized carbons (Fsp3) is 0.380. The predicted molar refractivity (Wildman–Crippen MR) is 492 cm³/mol. The van der Waals surface area contributed by atoms with Crippen molar-refractivity contribution in [1.82, 2.24) is 34.2 Å². The minimum Gasteiger partial charge on any atom is -0.480 e. The summed E-state index contributed by atoms with van der Waals surface area (Å²) < 4.78 is 256. The number of alkyl carbamates (subject to hydrolysis) is 2. The van der Waals surface area contributed by atoms with E-state index in [0.29, 0.717) is 34.4 Å². The van der Waals surface area contributed by atoms with Crippen molar-refractivity contribution in [3.8, 4) is 33.4 Å². The van der Waals surface area contributed by atoms with E-state index in [2.05, 4.69) is 20.1 Å². The quantitative estimate of drug-likeness (QED) is 0.00969. The lowest BCUT2D eigenvalue weighted by atomic mass is 9.80. The second-order valence-electron chi connectivity index (χ2n) is 33.1. The molecule has 0 aliphatic rings. The Bertz CT molecular complexity index is 6140. The van der Waals surface area contributed by atoms with E-state index >= 15 is 0 Å². The number of ether oxygens (including phenoxy) is 5. The van der Waals surface area contributed by atoms with Gasteiger partial charge < -0.3 is 84.1 Å². The molecular weight excluding hydrogens is 2030 g/mol. The first-order valence-electron chi connectivity index (χ1n) is 41.3. The number of esters is 3. The number of hydrogen-bond donors (Lipinski definition) is 8. The Labute approximate surface area is 809 Å². The first kappa shape index (κ1) is 120. The largest absolute Gasteiger partial charge is 0.488 e. The highest BCUT2D eigenvalue weighted by Gasteiger charge is 2.42. The molecule has 28 nitrogen and oxygen atoms in total. The molecule has 5 aromatic carbocycles. The summed E-state index contributed by atoms with van der Waals surface area (Å²) >= 11 is 1.42. The maximum absolute atomic E-state index is 14.6. The number of aliphatic carboxylic acids is 1. The number of methoxy groups -OCH3 is 3. The predicted octanol–water partition coefficient (Wildman–Crippen LogP) is 15.0. The number of nitrogens with zero attached hydrogens (tertiary/aromatic N) is 4. The molecule has 5 atom stereocenters. The zero-order valence-corrected chi connectivity index (χ0v) is 81.1. The summed E-state index contributed by atoms with van der Waals surface area (Å²) in [5.41, 5.74) is -2.85. The first-order valence-corrected chi connectivity index (χ1v) is 42.3. The highest BCUT2D eigenvalue weighted by atomic mass is 127. The van der Waals surface area contributed by atoms with E-state index in [1.807, 2.05) is 10.6 Å². The molecule has 3 amide bonds. The van der Waals surface area contributed by atoms with Crippen molar-refractivity contribution in [1.29, 1.82) is 0 Å². The third-order valence-corrected chi connectivity index (χ3v) is 21.5. The molecular formula is C92H101BClF17IN9O19. The van der Waals surface area contributed by atoms with Crippen LogP contribution >= 0.6 is 35.0 Å². The molecule has 0 fully saturated rings. The Kier molecular flexibility index (Phi) is 42.3. The smallest absolute Gasteiger partial charge is 0.480 e. The monoisotopic (exact) mass is 2130 g/mol. The minimum atomic E-state index is -4.85. The van der Waals surface area contributed by atoms with Gasteiger partial charge in [0, 0.05) is 75.9 Å². The highest BCUT2D eigenvalue weighted by Crippen LogP contribution is 2.40. The van der Waals surface area contributed by atoms with Gasteiger partial charge in [-0.05, 0) is 185 Å². The summed E-state index contributed by atoms with van der Waals surface area (Å²) in [6.07, 6.45) is -25.5. The number of nitrogens with one attached hydrogen (secondary N) is 4. The van der Waals surface area contributed by atoms with Gasteiger partial charge in [0.05, 0.1) is 63.8 Å². The van der Waals surface area contributed by atoms with Crippen molar-refractivity contribution >= 4 is 95.2 Å². The summed E-state index contributed by atoms with van der Waals surface area (Å²) in [5.74, 6) is -8.12. The number of nitrogens with two attached hydrogens (primary N) is 1. The van der Waals surface area contributed by atoms with E-state index in [9.17, 15) is 132 Å². The number of anilines is 1. The summed E-state index contributed by atoms with van der Waals surface area (Å²) in [7, 11) is 7.63. The Hall–Kier alpha value is -12.6. The molecule has 9 N–H and O–H groups in total. The van der Waals surface area contributed by atoms with Crippen LogP contribution in [-0.2, 0) is 121 Å². The van der Waals surface area contributed by atoms with Crippen LogP contribution in [0, 0.1) is 42.9 Å². The van der Waals surface area contributed by atoms with Crippen LogP contribution in [0.15, 0.2) is 153 Å². The number of benzene rings is 5. The van der Waals surface area contributed by atoms with Gasteiger partial charge in [-0.3, -0.25) is 28.8 Å². The van der Waals surface area contributed by atoms with Gasteiger partial charge in [-0.15, -0.1) is 12.4 Å². The molecule has 0 spiro atoms. The summed E-state index contributed by atoms with van der Waals surface area (Å²) in [4.78, 5) is 133. The lowest BCUT2D eigenvalue weighted by molar-refractivity contribution is -0.143. The molecule has 0 radical (unpaired) electrons. The number of carbonyl (C=O) groups is 7. The molecule has 0 saturated heterocycles. The molecule has 0 aliphatic carbocycles. The van der Waals surface area contributed by atoms with Gasteiger partial charge >= 0.3 is 74.1 Å². The number of carbonyl (C=O) groups excluding carboxylic acids is 6. The van der Waals surface area contributed by atoms with Crippen LogP contribution in [0.3, 0.4) is 0 Å². The average Bonchev–Trinajstić information content (AvgIpc) is 0.770. The first-order chi connectivity index (χ1) is 63.9. The minimum absolute atomic E-state index is 0. The molecule has 0 saturated carbocycles. The molecule has 0 bridgehead atoms. The maximum atomic E-state index is 14.6. The Morgan fingerprint density at radius 3 is 0.993 bits per heavy atom.